The summed E-state index contributed by atoms with van der Waals surface area (Å²) >= 11 is 7.67. The number of piperidine rings is 1. The van der Waals surface area contributed by atoms with Crippen molar-refractivity contribution in [1.29, 1.82) is 0 Å². The average molecular weight is 390 g/mol. The Hall–Kier alpha value is -1.96. The molecule has 0 saturated carbocycles. The molecule has 136 valence electrons. The maximum atomic E-state index is 11.7. The molecule has 1 aliphatic rings. The zero-order chi connectivity index (χ0) is 17.9. The zero-order valence-corrected chi connectivity index (χ0v) is 15.8. The van der Waals surface area contributed by atoms with E-state index in [1.807, 2.05) is 18.2 Å². The number of anilines is 1. The second-order valence-corrected chi connectivity index (χ2v) is 7.94. The molecule has 0 atom stereocenters. The smallest absolute Gasteiger partial charge is 0.275 e. The van der Waals surface area contributed by atoms with Gasteiger partial charge in [-0.3, -0.25) is 9.69 Å². The van der Waals surface area contributed by atoms with Crippen molar-refractivity contribution >= 4 is 33.0 Å². The van der Waals surface area contributed by atoms with Crippen molar-refractivity contribution in [3.8, 4) is 0 Å². The minimum atomic E-state index is -0.146. The van der Waals surface area contributed by atoms with Gasteiger partial charge in [0.05, 0.1) is 0 Å². The van der Waals surface area contributed by atoms with Crippen LogP contribution in [0.5, 0.6) is 0 Å². The Morgan fingerprint density at radius 3 is 2.81 bits per heavy atom. The van der Waals surface area contributed by atoms with E-state index in [4.69, 9.17) is 11.6 Å². The lowest BCUT2D eigenvalue weighted by Crippen LogP contribution is -2.35. The normalized spacial score (nSPS) is 16.2. The van der Waals surface area contributed by atoms with Gasteiger partial charge in [0.2, 0.25) is 10.1 Å². The van der Waals surface area contributed by atoms with Gasteiger partial charge in [0.1, 0.15) is 0 Å². The summed E-state index contributed by atoms with van der Waals surface area (Å²) in [6.07, 6.45) is 3.80. The molecule has 4 rings (SSSR count). The molecule has 1 aliphatic heterocycles. The Labute approximate surface area is 160 Å². The van der Waals surface area contributed by atoms with Crippen LogP contribution in [0.4, 0.5) is 5.13 Å². The van der Waals surface area contributed by atoms with E-state index in [0.717, 1.165) is 49.2 Å². The number of aromatic nitrogens is 3. The van der Waals surface area contributed by atoms with Gasteiger partial charge >= 0.3 is 0 Å². The standard InChI is InChI=1S/C18H20ClN5OS/c19-15-4-2-1-3-14(15)12-23-9-6-13(7-10-23)11-21-17-22-24-16(25)5-8-20-18(24)26-17/h1-5,8,13H,6-7,9-12H2,(H,21,22). The van der Waals surface area contributed by atoms with Crippen LogP contribution in [-0.4, -0.2) is 39.1 Å². The van der Waals surface area contributed by atoms with Crippen LogP contribution in [0.15, 0.2) is 41.3 Å². The fraction of sp³-hybridized carbons (Fsp3) is 0.389. The van der Waals surface area contributed by atoms with Gasteiger partial charge < -0.3 is 5.32 Å². The molecule has 3 aromatic rings. The van der Waals surface area contributed by atoms with Crippen molar-refractivity contribution in [2.24, 2.45) is 5.92 Å². The number of nitrogens with zero attached hydrogens (tertiary/aromatic N) is 4. The van der Waals surface area contributed by atoms with Crippen LogP contribution in [0.1, 0.15) is 18.4 Å². The number of rotatable bonds is 5. The van der Waals surface area contributed by atoms with Crippen LogP contribution >= 0.6 is 22.9 Å². The van der Waals surface area contributed by atoms with Crippen molar-refractivity contribution in [1.82, 2.24) is 19.5 Å². The molecule has 1 aromatic carbocycles. The lowest BCUT2D eigenvalue weighted by atomic mass is 9.96. The quantitative estimate of drug-likeness (QED) is 0.726. The molecule has 0 spiro atoms. The highest BCUT2D eigenvalue weighted by Gasteiger charge is 2.20. The average Bonchev–Trinajstić information content (AvgIpc) is 3.08. The Balaban J connectivity index is 1.29. The van der Waals surface area contributed by atoms with E-state index < -0.39 is 0 Å². The van der Waals surface area contributed by atoms with Crippen LogP contribution in [0.2, 0.25) is 5.02 Å². The van der Waals surface area contributed by atoms with E-state index >= 15 is 0 Å². The van der Waals surface area contributed by atoms with E-state index in [1.165, 1.54) is 33.7 Å². The van der Waals surface area contributed by atoms with Crippen LogP contribution in [0, 0.1) is 5.92 Å². The highest BCUT2D eigenvalue weighted by Crippen LogP contribution is 2.23. The van der Waals surface area contributed by atoms with Crippen molar-refractivity contribution in [3.05, 3.63) is 57.5 Å². The summed E-state index contributed by atoms with van der Waals surface area (Å²) in [7, 11) is 0. The molecule has 26 heavy (non-hydrogen) atoms. The first-order valence-electron chi connectivity index (χ1n) is 8.73. The van der Waals surface area contributed by atoms with Crippen LogP contribution in [0.25, 0.3) is 4.96 Å². The SMILES string of the molecule is O=c1ccnc2sc(NCC3CCN(Cc4ccccc4Cl)CC3)nn12. The Morgan fingerprint density at radius 1 is 1.23 bits per heavy atom. The number of hydrogen-bond acceptors (Lipinski definition) is 6. The molecule has 0 bridgehead atoms. The summed E-state index contributed by atoms with van der Waals surface area (Å²) in [5, 5.41) is 9.27. The Kier molecular flexibility index (Phi) is 5.19. The number of likely N-dealkylation sites (tertiary alicyclic amines) is 1. The Morgan fingerprint density at radius 2 is 2.04 bits per heavy atom. The lowest BCUT2D eigenvalue weighted by Gasteiger charge is -2.32. The number of fused-ring (bicyclic) bond motifs is 1. The summed E-state index contributed by atoms with van der Waals surface area (Å²) in [4.78, 5) is 19.0. The van der Waals surface area contributed by atoms with Crippen LogP contribution in [-0.2, 0) is 6.54 Å². The molecule has 1 fully saturated rings. The summed E-state index contributed by atoms with van der Waals surface area (Å²) in [6.45, 7) is 3.91. The van der Waals surface area contributed by atoms with Gasteiger partial charge in [-0.05, 0) is 43.5 Å². The molecule has 1 N–H and O–H groups in total. The second-order valence-electron chi connectivity index (χ2n) is 6.58. The number of benzene rings is 1. The molecule has 0 radical (unpaired) electrons. The minimum Gasteiger partial charge on any atom is -0.360 e. The van der Waals surface area contributed by atoms with E-state index in [0.29, 0.717) is 10.9 Å². The van der Waals surface area contributed by atoms with Gasteiger partial charge in [0.15, 0.2) is 0 Å². The van der Waals surface area contributed by atoms with Crippen molar-refractivity contribution in [2.45, 2.75) is 19.4 Å². The van der Waals surface area contributed by atoms with Crippen molar-refractivity contribution < 1.29 is 0 Å². The molecule has 0 amide bonds. The van der Waals surface area contributed by atoms with Crippen molar-refractivity contribution in [2.75, 3.05) is 25.0 Å². The number of nitrogens with one attached hydrogen (secondary N) is 1. The molecule has 0 aliphatic carbocycles. The number of halogens is 1. The first kappa shape index (κ1) is 17.5. The summed E-state index contributed by atoms with van der Waals surface area (Å²) < 4.78 is 1.35. The molecular formula is C18H20ClN5OS. The van der Waals surface area contributed by atoms with Crippen LogP contribution in [0.3, 0.4) is 0 Å². The summed E-state index contributed by atoms with van der Waals surface area (Å²) in [6, 6.07) is 9.47. The third-order valence-corrected chi connectivity index (χ3v) is 6.02. The monoisotopic (exact) mass is 389 g/mol. The van der Waals surface area contributed by atoms with Gasteiger partial charge in [0.25, 0.3) is 5.56 Å². The molecular weight excluding hydrogens is 370 g/mol. The molecule has 8 heteroatoms. The van der Waals surface area contributed by atoms with Gasteiger partial charge in [-0.1, -0.05) is 41.1 Å². The second kappa shape index (κ2) is 7.73. The fourth-order valence-electron chi connectivity index (χ4n) is 3.26. The van der Waals surface area contributed by atoms with E-state index in [2.05, 4.69) is 26.4 Å². The maximum absolute atomic E-state index is 11.7. The van der Waals surface area contributed by atoms with E-state index in [1.54, 1.807) is 0 Å². The third kappa shape index (κ3) is 3.90. The topological polar surface area (TPSA) is 62.5 Å². The molecule has 0 unspecified atom stereocenters. The molecule has 6 nitrogen and oxygen atoms in total. The molecule has 3 heterocycles. The highest BCUT2D eigenvalue weighted by atomic mass is 35.5. The first-order chi connectivity index (χ1) is 12.7. The highest BCUT2D eigenvalue weighted by molar-refractivity contribution is 7.20. The zero-order valence-electron chi connectivity index (χ0n) is 14.3. The lowest BCUT2D eigenvalue weighted by molar-refractivity contribution is 0.182. The first-order valence-corrected chi connectivity index (χ1v) is 9.93. The van der Waals surface area contributed by atoms with E-state index in [-0.39, 0.29) is 5.56 Å². The van der Waals surface area contributed by atoms with Gasteiger partial charge in [0, 0.05) is 30.4 Å². The third-order valence-electron chi connectivity index (χ3n) is 4.77. The predicted octanol–water partition coefficient (Wildman–Crippen LogP) is 3.13. The maximum Gasteiger partial charge on any atom is 0.275 e. The van der Waals surface area contributed by atoms with Crippen LogP contribution < -0.4 is 10.9 Å². The van der Waals surface area contributed by atoms with Gasteiger partial charge in [-0.15, -0.1) is 5.10 Å². The van der Waals surface area contributed by atoms with Gasteiger partial charge in [-0.2, -0.15) is 4.52 Å². The number of hydrogen-bond donors (Lipinski definition) is 1. The van der Waals surface area contributed by atoms with E-state index in [9.17, 15) is 4.79 Å². The summed E-state index contributed by atoms with van der Waals surface area (Å²) in [5.74, 6) is 0.606. The Bertz CT molecular complexity index is 948. The predicted molar refractivity (Wildman–Crippen MR) is 105 cm³/mol. The van der Waals surface area contributed by atoms with Gasteiger partial charge in [-0.25, -0.2) is 4.98 Å². The molecule has 1 saturated heterocycles. The molecule has 2 aromatic heterocycles. The largest absolute Gasteiger partial charge is 0.360 e. The van der Waals surface area contributed by atoms with Crippen molar-refractivity contribution in [3.63, 3.8) is 0 Å². The fourth-order valence-corrected chi connectivity index (χ4v) is 4.24. The minimum absolute atomic E-state index is 0.146. The summed E-state index contributed by atoms with van der Waals surface area (Å²) in [5.41, 5.74) is 1.05.